The first-order valence-corrected chi connectivity index (χ1v) is 6.35. The molecule has 106 valence electrons. The van der Waals surface area contributed by atoms with Crippen molar-refractivity contribution >= 4 is 17.4 Å². The van der Waals surface area contributed by atoms with Crippen molar-refractivity contribution in [2.75, 3.05) is 5.73 Å². The molecule has 0 amide bonds. The molecule has 2 aromatic heterocycles. The number of benzene rings is 1. The van der Waals surface area contributed by atoms with E-state index in [4.69, 9.17) is 21.9 Å². The molecule has 0 spiro atoms. The SMILES string of the molecule is Nc1noc(-c2cccc(=O)[nH]2)c1-c1cccc(Cl)c1F. The van der Waals surface area contributed by atoms with Gasteiger partial charge >= 0.3 is 0 Å². The van der Waals surface area contributed by atoms with Crippen molar-refractivity contribution in [3.8, 4) is 22.6 Å². The van der Waals surface area contributed by atoms with Gasteiger partial charge in [-0.1, -0.05) is 35.0 Å². The van der Waals surface area contributed by atoms with Crippen LogP contribution in [0, 0.1) is 5.82 Å². The van der Waals surface area contributed by atoms with Gasteiger partial charge in [-0.05, 0) is 12.1 Å². The minimum Gasteiger partial charge on any atom is -0.380 e. The third-order valence-corrected chi connectivity index (χ3v) is 3.24. The van der Waals surface area contributed by atoms with E-state index in [-0.39, 0.29) is 33.3 Å². The van der Waals surface area contributed by atoms with Crippen LogP contribution in [0.3, 0.4) is 0 Å². The predicted molar refractivity (Wildman–Crippen MR) is 77.4 cm³/mol. The van der Waals surface area contributed by atoms with Gasteiger partial charge in [-0.25, -0.2) is 4.39 Å². The fourth-order valence-corrected chi connectivity index (χ4v) is 2.20. The van der Waals surface area contributed by atoms with E-state index in [1.807, 2.05) is 0 Å². The maximum absolute atomic E-state index is 14.2. The maximum Gasteiger partial charge on any atom is 0.248 e. The zero-order chi connectivity index (χ0) is 15.0. The average molecular weight is 306 g/mol. The summed E-state index contributed by atoms with van der Waals surface area (Å²) in [6.45, 7) is 0. The van der Waals surface area contributed by atoms with Gasteiger partial charge in [0.2, 0.25) is 5.56 Å². The lowest BCUT2D eigenvalue weighted by Gasteiger charge is -2.05. The summed E-state index contributed by atoms with van der Waals surface area (Å²) >= 11 is 5.78. The molecular formula is C14H9ClFN3O2. The van der Waals surface area contributed by atoms with Gasteiger partial charge < -0.3 is 15.2 Å². The number of nitrogens with two attached hydrogens (primary N) is 1. The van der Waals surface area contributed by atoms with Crippen molar-refractivity contribution in [1.82, 2.24) is 10.1 Å². The van der Waals surface area contributed by atoms with E-state index in [1.165, 1.54) is 18.2 Å². The number of hydrogen-bond donors (Lipinski definition) is 2. The van der Waals surface area contributed by atoms with Crippen LogP contribution in [-0.4, -0.2) is 10.1 Å². The topological polar surface area (TPSA) is 84.9 Å². The molecular weight excluding hydrogens is 297 g/mol. The summed E-state index contributed by atoms with van der Waals surface area (Å²) in [5, 5.41) is 3.60. The van der Waals surface area contributed by atoms with Gasteiger partial charge in [0, 0.05) is 11.6 Å². The minimum atomic E-state index is -0.631. The van der Waals surface area contributed by atoms with Crippen molar-refractivity contribution < 1.29 is 8.91 Å². The van der Waals surface area contributed by atoms with Crippen molar-refractivity contribution in [2.24, 2.45) is 0 Å². The highest BCUT2D eigenvalue weighted by Gasteiger charge is 2.22. The van der Waals surface area contributed by atoms with Crippen LogP contribution in [0.25, 0.3) is 22.6 Å². The fourth-order valence-electron chi connectivity index (χ4n) is 2.02. The molecule has 5 nitrogen and oxygen atoms in total. The minimum absolute atomic E-state index is 0.0101. The first-order valence-electron chi connectivity index (χ1n) is 5.97. The van der Waals surface area contributed by atoms with Crippen molar-refractivity contribution in [2.45, 2.75) is 0 Å². The third-order valence-electron chi connectivity index (χ3n) is 2.95. The van der Waals surface area contributed by atoms with Gasteiger partial charge in [0.05, 0.1) is 16.3 Å². The van der Waals surface area contributed by atoms with Crippen LogP contribution < -0.4 is 11.3 Å². The summed E-state index contributed by atoms with van der Waals surface area (Å²) in [4.78, 5) is 14.0. The molecule has 3 aromatic rings. The second kappa shape index (κ2) is 5.06. The number of hydrogen-bond acceptors (Lipinski definition) is 4. The van der Waals surface area contributed by atoms with Crippen LogP contribution in [0.2, 0.25) is 5.02 Å². The van der Waals surface area contributed by atoms with Crippen LogP contribution in [0.15, 0.2) is 45.7 Å². The molecule has 3 N–H and O–H groups in total. The van der Waals surface area contributed by atoms with Gasteiger partial charge in [0.15, 0.2) is 11.6 Å². The van der Waals surface area contributed by atoms with Crippen LogP contribution in [0.1, 0.15) is 0 Å². The number of nitrogens with one attached hydrogen (secondary N) is 1. The van der Waals surface area contributed by atoms with Gasteiger partial charge in [0.25, 0.3) is 0 Å². The Morgan fingerprint density at radius 2 is 2.00 bits per heavy atom. The number of rotatable bonds is 2. The summed E-state index contributed by atoms with van der Waals surface area (Å²) in [6.07, 6.45) is 0. The van der Waals surface area contributed by atoms with Gasteiger partial charge in [-0.15, -0.1) is 0 Å². The van der Waals surface area contributed by atoms with E-state index < -0.39 is 5.82 Å². The summed E-state index contributed by atoms with van der Waals surface area (Å²) < 4.78 is 19.3. The zero-order valence-electron chi connectivity index (χ0n) is 10.6. The van der Waals surface area contributed by atoms with Crippen LogP contribution >= 0.6 is 11.6 Å². The number of anilines is 1. The van der Waals surface area contributed by atoms with E-state index in [2.05, 4.69) is 10.1 Å². The monoisotopic (exact) mass is 305 g/mol. The number of pyridine rings is 1. The second-order valence-corrected chi connectivity index (χ2v) is 4.71. The standard InChI is InChI=1S/C14H9ClFN3O2/c15-8-4-1-3-7(12(8)16)11-13(21-19-14(11)17)9-5-2-6-10(20)18-9/h1-6H,(H2,17,19)(H,18,20). The van der Waals surface area contributed by atoms with Crippen molar-refractivity contribution in [1.29, 1.82) is 0 Å². The number of nitrogen functional groups attached to an aromatic ring is 1. The van der Waals surface area contributed by atoms with E-state index in [0.717, 1.165) is 0 Å². The molecule has 0 aliphatic heterocycles. The molecule has 21 heavy (non-hydrogen) atoms. The molecule has 0 saturated carbocycles. The van der Waals surface area contributed by atoms with Crippen molar-refractivity contribution in [3.63, 3.8) is 0 Å². The smallest absolute Gasteiger partial charge is 0.248 e. The fraction of sp³-hybridized carbons (Fsp3) is 0. The maximum atomic E-state index is 14.2. The van der Waals surface area contributed by atoms with E-state index >= 15 is 0 Å². The first-order chi connectivity index (χ1) is 10.1. The lowest BCUT2D eigenvalue weighted by Crippen LogP contribution is -2.03. The Balaban J connectivity index is 2.27. The Labute approximate surface area is 123 Å². The average Bonchev–Trinajstić information content (AvgIpc) is 2.84. The first kappa shape index (κ1) is 13.4. The summed E-state index contributed by atoms with van der Waals surface area (Å²) in [5.74, 6) is -0.448. The molecule has 0 radical (unpaired) electrons. The molecule has 0 bridgehead atoms. The second-order valence-electron chi connectivity index (χ2n) is 4.30. The number of halogens is 2. The van der Waals surface area contributed by atoms with E-state index in [9.17, 15) is 9.18 Å². The van der Waals surface area contributed by atoms with Crippen LogP contribution in [0.4, 0.5) is 10.2 Å². The predicted octanol–water partition coefficient (Wildman–Crippen LogP) is 3.07. The van der Waals surface area contributed by atoms with E-state index in [0.29, 0.717) is 5.69 Å². The molecule has 3 rings (SSSR count). The lowest BCUT2D eigenvalue weighted by molar-refractivity contribution is 0.434. The number of nitrogens with zero attached hydrogens (tertiary/aromatic N) is 1. The highest BCUT2D eigenvalue weighted by Crippen LogP contribution is 2.38. The zero-order valence-corrected chi connectivity index (χ0v) is 11.3. The lowest BCUT2D eigenvalue weighted by atomic mass is 10.0. The summed E-state index contributed by atoms with van der Waals surface area (Å²) in [5.41, 5.74) is 6.19. The molecule has 0 aliphatic rings. The van der Waals surface area contributed by atoms with Gasteiger partial charge in [-0.3, -0.25) is 4.79 Å². The molecule has 0 aliphatic carbocycles. The molecule has 0 atom stereocenters. The highest BCUT2D eigenvalue weighted by atomic mass is 35.5. The molecule has 1 aromatic carbocycles. The Bertz CT molecular complexity index is 873. The molecule has 7 heteroatoms. The van der Waals surface area contributed by atoms with E-state index in [1.54, 1.807) is 18.2 Å². The Morgan fingerprint density at radius 1 is 1.24 bits per heavy atom. The normalized spacial score (nSPS) is 10.8. The molecule has 0 unspecified atom stereocenters. The number of H-pyrrole nitrogens is 1. The molecule has 2 heterocycles. The van der Waals surface area contributed by atoms with Crippen LogP contribution in [0.5, 0.6) is 0 Å². The Morgan fingerprint density at radius 3 is 2.76 bits per heavy atom. The largest absolute Gasteiger partial charge is 0.380 e. The highest BCUT2D eigenvalue weighted by molar-refractivity contribution is 6.31. The quantitative estimate of drug-likeness (QED) is 0.762. The summed E-state index contributed by atoms with van der Waals surface area (Å²) in [6, 6.07) is 9.02. The number of aromatic amines is 1. The van der Waals surface area contributed by atoms with Gasteiger partial charge in [0.1, 0.15) is 5.82 Å². The molecule has 0 saturated heterocycles. The Hall–Kier alpha value is -2.60. The summed E-state index contributed by atoms with van der Waals surface area (Å²) in [7, 11) is 0. The number of aromatic nitrogens is 2. The Kier molecular flexibility index (Phi) is 3.23. The van der Waals surface area contributed by atoms with Crippen molar-refractivity contribution in [3.05, 3.63) is 57.6 Å². The third kappa shape index (κ3) is 2.30. The van der Waals surface area contributed by atoms with Crippen LogP contribution in [-0.2, 0) is 0 Å². The van der Waals surface area contributed by atoms with Gasteiger partial charge in [-0.2, -0.15) is 0 Å². The molecule has 0 fully saturated rings.